The van der Waals surface area contributed by atoms with Gasteiger partial charge in [0.25, 0.3) is 0 Å². The van der Waals surface area contributed by atoms with Crippen molar-refractivity contribution >= 4 is 0 Å². The lowest BCUT2D eigenvalue weighted by Gasteiger charge is -2.35. The maximum atomic E-state index is 4.54. The normalized spacial score (nSPS) is 29.5. The van der Waals surface area contributed by atoms with Crippen LogP contribution in [-0.4, -0.2) is 16.5 Å². The summed E-state index contributed by atoms with van der Waals surface area (Å²) in [4.78, 5) is 7.83. The summed E-state index contributed by atoms with van der Waals surface area (Å²) in [7, 11) is 0. The average Bonchev–Trinajstić information content (AvgIpc) is 2.98. The van der Waals surface area contributed by atoms with Crippen LogP contribution in [0.1, 0.15) is 56.8 Å². The Labute approximate surface area is 103 Å². The SMILES string of the molecule is CC1(CCC2CCCC2)NCCc2[nH]cnc21. The summed E-state index contributed by atoms with van der Waals surface area (Å²) in [5, 5.41) is 3.68. The van der Waals surface area contributed by atoms with E-state index < -0.39 is 0 Å². The van der Waals surface area contributed by atoms with E-state index in [0.717, 1.165) is 18.9 Å². The van der Waals surface area contributed by atoms with Gasteiger partial charge >= 0.3 is 0 Å². The molecule has 3 nitrogen and oxygen atoms in total. The molecule has 94 valence electrons. The molecular weight excluding hydrogens is 210 g/mol. The number of imidazole rings is 1. The molecule has 1 aliphatic heterocycles. The Bertz CT molecular complexity index is 379. The van der Waals surface area contributed by atoms with Gasteiger partial charge in [0.2, 0.25) is 0 Å². The number of fused-ring (bicyclic) bond motifs is 1. The van der Waals surface area contributed by atoms with Crippen LogP contribution in [0.25, 0.3) is 0 Å². The van der Waals surface area contributed by atoms with Crippen molar-refractivity contribution in [3.05, 3.63) is 17.7 Å². The molecule has 0 saturated heterocycles. The van der Waals surface area contributed by atoms with E-state index in [0.29, 0.717) is 0 Å². The Kier molecular flexibility index (Phi) is 2.95. The molecular formula is C14H23N3. The molecule has 2 heterocycles. The van der Waals surface area contributed by atoms with Crippen molar-refractivity contribution in [3.8, 4) is 0 Å². The van der Waals surface area contributed by atoms with Crippen molar-refractivity contribution in [2.75, 3.05) is 6.54 Å². The summed E-state index contributed by atoms with van der Waals surface area (Å²) < 4.78 is 0. The molecule has 3 rings (SSSR count). The van der Waals surface area contributed by atoms with Crippen molar-refractivity contribution in [3.63, 3.8) is 0 Å². The maximum Gasteiger partial charge on any atom is 0.0926 e. The smallest absolute Gasteiger partial charge is 0.0926 e. The van der Waals surface area contributed by atoms with E-state index in [1.807, 2.05) is 6.33 Å². The van der Waals surface area contributed by atoms with Crippen molar-refractivity contribution in [2.45, 2.75) is 57.4 Å². The first kappa shape index (κ1) is 11.3. The van der Waals surface area contributed by atoms with Gasteiger partial charge in [-0.05, 0) is 25.7 Å². The van der Waals surface area contributed by atoms with E-state index in [-0.39, 0.29) is 5.54 Å². The minimum atomic E-state index is 0.107. The highest BCUT2D eigenvalue weighted by Gasteiger charge is 2.34. The molecule has 1 aliphatic carbocycles. The molecule has 0 amide bonds. The Hall–Kier alpha value is -0.830. The number of hydrogen-bond acceptors (Lipinski definition) is 2. The number of nitrogens with zero attached hydrogens (tertiary/aromatic N) is 1. The molecule has 1 aromatic rings. The zero-order valence-corrected chi connectivity index (χ0v) is 10.8. The number of nitrogens with one attached hydrogen (secondary N) is 2. The van der Waals surface area contributed by atoms with Crippen LogP contribution >= 0.6 is 0 Å². The fourth-order valence-corrected chi connectivity index (χ4v) is 3.53. The minimum absolute atomic E-state index is 0.107. The van der Waals surface area contributed by atoms with E-state index in [9.17, 15) is 0 Å². The van der Waals surface area contributed by atoms with Crippen molar-refractivity contribution in [1.82, 2.24) is 15.3 Å². The number of hydrogen-bond donors (Lipinski definition) is 2. The van der Waals surface area contributed by atoms with Crippen LogP contribution in [0.2, 0.25) is 0 Å². The molecule has 0 radical (unpaired) electrons. The summed E-state index contributed by atoms with van der Waals surface area (Å²) in [6.45, 7) is 3.40. The van der Waals surface area contributed by atoms with E-state index in [4.69, 9.17) is 0 Å². The zero-order valence-electron chi connectivity index (χ0n) is 10.8. The van der Waals surface area contributed by atoms with Crippen LogP contribution in [-0.2, 0) is 12.0 Å². The van der Waals surface area contributed by atoms with Crippen LogP contribution in [0.3, 0.4) is 0 Å². The fraction of sp³-hybridized carbons (Fsp3) is 0.786. The number of H-pyrrole nitrogens is 1. The van der Waals surface area contributed by atoms with Gasteiger partial charge in [-0.3, -0.25) is 0 Å². The van der Waals surface area contributed by atoms with Gasteiger partial charge in [-0.15, -0.1) is 0 Å². The third-order valence-corrected chi connectivity index (χ3v) is 4.66. The second-order valence-corrected chi connectivity index (χ2v) is 5.93. The summed E-state index contributed by atoms with van der Waals surface area (Å²) in [5.74, 6) is 0.970. The van der Waals surface area contributed by atoms with Crippen LogP contribution in [0.5, 0.6) is 0 Å². The second-order valence-electron chi connectivity index (χ2n) is 5.93. The first-order chi connectivity index (χ1) is 8.28. The van der Waals surface area contributed by atoms with Gasteiger partial charge in [-0.25, -0.2) is 4.98 Å². The molecule has 2 aliphatic rings. The monoisotopic (exact) mass is 233 g/mol. The quantitative estimate of drug-likeness (QED) is 0.843. The number of aromatic nitrogens is 2. The lowest BCUT2D eigenvalue weighted by atomic mass is 9.84. The molecule has 1 aromatic heterocycles. The highest BCUT2D eigenvalue weighted by molar-refractivity contribution is 5.24. The van der Waals surface area contributed by atoms with Gasteiger partial charge in [-0.1, -0.05) is 25.7 Å². The van der Waals surface area contributed by atoms with E-state index >= 15 is 0 Å². The largest absolute Gasteiger partial charge is 0.348 e. The van der Waals surface area contributed by atoms with Crippen molar-refractivity contribution in [2.24, 2.45) is 5.92 Å². The number of aromatic amines is 1. The molecule has 1 unspecified atom stereocenters. The lowest BCUT2D eigenvalue weighted by molar-refractivity contribution is 0.283. The van der Waals surface area contributed by atoms with Gasteiger partial charge in [0.15, 0.2) is 0 Å². The molecule has 0 spiro atoms. The van der Waals surface area contributed by atoms with E-state index in [1.54, 1.807) is 0 Å². The van der Waals surface area contributed by atoms with Gasteiger partial charge in [0, 0.05) is 18.7 Å². The number of rotatable bonds is 3. The highest BCUT2D eigenvalue weighted by atomic mass is 15.1. The second kappa shape index (κ2) is 4.45. The topological polar surface area (TPSA) is 40.7 Å². The molecule has 1 saturated carbocycles. The summed E-state index contributed by atoms with van der Waals surface area (Å²) in [6.07, 6.45) is 11.3. The minimum Gasteiger partial charge on any atom is -0.348 e. The molecule has 17 heavy (non-hydrogen) atoms. The highest BCUT2D eigenvalue weighted by Crippen LogP contribution is 2.35. The Morgan fingerprint density at radius 1 is 1.41 bits per heavy atom. The van der Waals surface area contributed by atoms with Crippen LogP contribution < -0.4 is 5.32 Å². The van der Waals surface area contributed by atoms with Gasteiger partial charge < -0.3 is 10.3 Å². The summed E-state index contributed by atoms with van der Waals surface area (Å²) in [6, 6.07) is 0. The maximum absolute atomic E-state index is 4.54. The Balaban J connectivity index is 1.69. The van der Waals surface area contributed by atoms with Crippen molar-refractivity contribution in [1.29, 1.82) is 0 Å². The predicted molar refractivity (Wildman–Crippen MR) is 68.8 cm³/mol. The van der Waals surface area contributed by atoms with Crippen molar-refractivity contribution < 1.29 is 0 Å². The van der Waals surface area contributed by atoms with E-state index in [2.05, 4.69) is 22.2 Å². The molecule has 2 N–H and O–H groups in total. The third kappa shape index (κ3) is 2.13. The fourth-order valence-electron chi connectivity index (χ4n) is 3.53. The zero-order chi connectivity index (χ0) is 11.7. The molecule has 0 bridgehead atoms. The van der Waals surface area contributed by atoms with Gasteiger partial charge in [0.1, 0.15) is 0 Å². The molecule has 3 heteroatoms. The van der Waals surface area contributed by atoms with E-state index in [1.165, 1.54) is 49.9 Å². The first-order valence-corrected chi connectivity index (χ1v) is 7.06. The van der Waals surface area contributed by atoms with Gasteiger partial charge in [0.05, 0.1) is 17.6 Å². The lowest BCUT2D eigenvalue weighted by Crippen LogP contribution is -2.45. The molecule has 1 atom stereocenters. The standard InChI is InChI=1S/C14H23N3/c1-14(8-6-11-4-2-3-5-11)13-12(7-9-17-14)15-10-16-13/h10-11,17H,2-9H2,1H3,(H,15,16). The van der Waals surface area contributed by atoms with Crippen LogP contribution in [0.15, 0.2) is 6.33 Å². The third-order valence-electron chi connectivity index (χ3n) is 4.66. The summed E-state index contributed by atoms with van der Waals surface area (Å²) in [5.41, 5.74) is 2.72. The van der Waals surface area contributed by atoms with Gasteiger partial charge in [-0.2, -0.15) is 0 Å². The van der Waals surface area contributed by atoms with Crippen LogP contribution in [0, 0.1) is 5.92 Å². The summed E-state index contributed by atoms with van der Waals surface area (Å²) >= 11 is 0. The Morgan fingerprint density at radius 3 is 3.06 bits per heavy atom. The molecule has 1 fully saturated rings. The van der Waals surface area contributed by atoms with Crippen LogP contribution in [0.4, 0.5) is 0 Å². The average molecular weight is 233 g/mol. The predicted octanol–water partition coefficient (Wildman–Crippen LogP) is 2.74. The Morgan fingerprint density at radius 2 is 2.24 bits per heavy atom. The molecule has 0 aromatic carbocycles. The first-order valence-electron chi connectivity index (χ1n) is 7.06.